The summed E-state index contributed by atoms with van der Waals surface area (Å²) in [5, 5.41) is 7.74. The zero-order valence-electron chi connectivity index (χ0n) is 20.1. The standard InChI is InChI=1S/C26H29ClN6O2/c1-17(34)28-12-13-29-25-23-21(15-33(2)3)22(16-35-20-11-7-10-19(27)14-20)30-26(23)32-24(31-25)18-8-5-4-6-9-18/h4-11,14H,12-13,15-16H2,1-3H3,(H,28,34)(H2,29,30,31,32). The average Bonchev–Trinajstić information content (AvgIpc) is 3.17. The molecule has 35 heavy (non-hydrogen) atoms. The Kier molecular flexibility index (Phi) is 7.84. The number of aromatic nitrogens is 3. The largest absolute Gasteiger partial charge is 0.487 e. The van der Waals surface area contributed by atoms with Crippen molar-refractivity contribution >= 4 is 34.4 Å². The van der Waals surface area contributed by atoms with Crippen molar-refractivity contribution < 1.29 is 9.53 Å². The first-order valence-corrected chi connectivity index (χ1v) is 11.8. The second-order valence-corrected chi connectivity index (χ2v) is 8.90. The van der Waals surface area contributed by atoms with Gasteiger partial charge in [0.2, 0.25) is 5.91 Å². The van der Waals surface area contributed by atoms with Gasteiger partial charge < -0.3 is 25.3 Å². The molecule has 9 heteroatoms. The van der Waals surface area contributed by atoms with Gasteiger partial charge in [-0.1, -0.05) is 48.0 Å². The minimum atomic E-state index is -0.0694. The van der Waals surface area contributed by atoms with Crippen molar-refractivity contribution in [3.8, 4) is 17.1 Å². The smallest absolute Gasteiger partial charge is 0.216 e. The number of fused-ring (bicyclic) bond motifs is 1. The monoisotopic (exact) mass is 492 g/mol. The molecule has 2 aromatic carbocycles. The number of halogens is 1. The molecule has 0 saturated carbocycles. The molecule has 4 aromatic rings. The molecule has 0 saturated heterocycles. The minimum absolute atomic E-state index is 0.0694. The molecule has 0 atom stereocenters. The van der Waals surface area contributed by atoms with Crippen LogP contribution < -0.4 is 15.4 Å². The maximum absolute atomic E-state index is 11.3. The molecule has 182 valence electrons. The van der Waals surface area contributed by atoms with Crippen molar-refractivity contribution in [3.63, 3.8) is 0 Å². The van der Waals surface area contributed by atoms with E-state index in [1.807, 2.05) is 62.6 Å². The Balaban J connectivity index is 1.75. The zero-order valence-corrected chi connectivity index (χ0v) is 20.8. The third-order valence-electron chi connectivity index (χ3n) is 5.32. The molecule has 8 nitrogen and oxygen atoms in total. The molecule has 2 aromatic heterocycles. The number of rotatable bonds is 10. The Hall–Kier alpha value is -3.62. The molecule has 2 heterocycles. The van der Waals surface area contributed by atoms with Gasteiger partial charge in [-0.2, -0.15) is 0 Å². The van der Waals surface area contributed by atoms with Gasteiger partial charge in [-0.3, -0.25) is 4.79 Å². The van der Waals surface area contributed by atoms with Crippen LogP contribution in [0.25, 0.3) is 22.4 Å². The van der Waals surface area contributed by atoms with Crippen molar-refractivity contribution in [1.29, 1.82) is 0 Å². The summed E-state index contributed by atoms with van der Waals surface area (Å²) in [6.07, 6.45) is 0. The third-order valence-corrected chi connectivity index (χ3v) is 5.56. The third kappa shape index (κ3) is 6.29. The Bertz CT molecular complexity index is 1310. The zero-order chi connectivity index (χ0) is 24.8. The molecule has 4 rings (SSSR count). The van der Waals surface area contributed by atoms with Gasteiger partial charge >= 0.3 is 0 Å². The molecule has 0 spiro atoms. The van der Waals surface area contributed by atoms with Crippen molar-refractivity contribution in [1.82, 2.24) is 25.2 Å². The fourth-order valence-corrected chi connectivity index (χ4v) is 3.98. The predicted octanol–water partition coefficient (Wildman–Crippen LogP) is 4.47. The van der Waals surface area contributed by atoms with Gasteiger partial charge in [0.15, 0.2) is 5.82 Å². The van der Waals surface area contributed by atoms with E-state index in [0.29, 0.717) is 48.7 Å². The molecule has 0 aliphatic heterocycles. The van der Waals surface area contributed by atoms with Gasteiger partial charge in [-0.25, -0.2) is 9.97 Å². The van der Waals surface area contributed by atoms with E-state index in [0.717, 1.165) is 27.9 Å². The van der Waals surface area contributed by atoms with E-state index < -0.39 is 0 Å². The second-order valence-electron chi connectivity index (χ2n) is 8.46. The van der Waals surface area contributed by atoms with Crippen LogP contribution in [-0.4, -0.2) is 52.9 Å². The lowest BCUT2D eigenvalue weighted by atomic mass is 10.1. The highest BCUT2D eigenvalue weighted by Crippen LogP contribution is 2.31. The van der Waals surface area contributed by atoms with E-state index in [1.54, 1.807) is 6.07 Å². The highest BCUT2D eigenvalue weighted by atomic mass is 35.5. The van der Waals surface area contributed by atoms with Crippen LogP contribution in [0.1, 0.15) is 18.2 Å². The number of hydrogen-bond donors (Lipinski definition) is 3. The van der Waals surface area contributed by atoms with Crippen LogP contribution in [0.2, 0.25) is 5.02 Å². The maximum Gasteiger partial charge on any atom is 0.216 e. The summed E-state index contributed by atoms with van der Waals surface area (Å²) in [5.41, 5.74) is 3.61. The van der Waals surface area contributed by atoms with E-state index in [4.69, 9.17) is 26.3 Å². The number of carbonyl (C=O) groups excluding carboxylic acids is 1. The number of amides is 1. The van der Waals surface area contributed by atoms with Crippen LogP contribution in [0.5, 0.6) is 5.75 Å². The number of nitrogens with one attached hydrogen (secondary N) is 3. The number of anilines is 1. The van der Waals surface area contributed by atoms with Gasteiger partial charge in [0.1, 0.15) is 23.8 Å². The molecular formula is C26H29ClN6O2. The molecule has 0 aliphatic carbocycles. The first-order valence-electron chi connectivity index (χ1n) is 11.4. The summed E-state index contributed by atoms with van der Waals surface area (Å²) >= 11 is 6.12. The van der Waals surface area contributed by atoms with Crippen molar-refractivity contribution in [3.05, 3.63) is 70.9 Å². The van der Waals surface area contributed by atoms with Crippen LogP contribution in [-0.2, 0) is 17.9 Å². The van der Waals surface area contributed by atoms with Gasteiger partial charge in [0, 0.05) is 42.7 Å². The number of H-pyrrole nitrogens is 1. The Morgan fingerprint density at radius 2 is 1.89 bits per heavy atom. The molecule has 0 aliphatic rings. The van der Waals surface area contributed by atoms with Crippen LogP contribution >= 0.6 is 11.6 Å². The van der Waals surface area contributed by atoms with Gasteiger partial charge in [-0.05, 0) is 32.3 Å². The van der Waals surface area contributed by atoms with E-state index in [1.165, 1.54) is 6.92 Å². The fraction of sp³-hybridized carbons (Fsp3) is 0.269. The van der Waals surface area contributed by atoms with E-state index >= 15 is 0 Å². The maximum atomic E-state index is 11.3. The number of aromatic amines is 1. The summed E-state index contributed by atoms with van der Waals surface area (Å²) in [5.74, 6) is 1.94. The lowest BCUT2D eigenvalue weighted by Gasteiger charge is -2.14. The van der Waals surface area contributed by atoms with Crippen LogP contribution in [0, 0.1) is 0 Å². The van der Waals surface area contributed by atoms with Crippen LogP contribution in [0.4, 0.5) is 5.82 Å². The first kappa shape index (κ1) is 24.5. The van der Waals surface area contributed by atoms with Crippen LogP contribution in [0.3, 0.4) is 0 Å². The van der Waals surface area contributed by atoms with E-state index in [-0.39, 0.29) is 5.91 Å². The SMILES string of the molecule is CC(=O)NCCNc1nc(-c2ccccc2)nc2[nH]c(COc3cccc(Cl)c3)c(CN(C)C)c12. The number of hydrogen-bond acceptors (Lipinski definition) is 6. The topological polar surface area (TPSA) is 95.2 Å². The van der Waals surface area contributed by atoms with Crippen molar-refractivity contribution in [2.24, 2.45) is 0 Å². The molecule has 0 unspecified atom stereocenters. The Labute approximate surface area is 209 Å². The molecular weight excluding hydrogens is 464 g/mol. The van der Waals surface area contributed by atoms with Crippen molar-refractivity contribution in [2.45, 2.75) is 20.1 Å². The Morgan fingerprint density at radius 3 is 2.60 bits per heavy atom. The van der Waals surface area contributed by atoms with Gasteiger partial charge in [0.25, 0.3) is 0 Å². The summed E-state index contributed by atoms with van der Waals surface area (Å²) in [6, 6.07) is 17.2. The summed E-state index contributed by atoms with van der Waals surface area (Å²) in [6.45, 7) is 3.51. The van der Waals surface area contributed by atoms with E-state index in [9.17, 15) is 4.79 Å². The number of nitrogens with zero attached hydrogens (tertiary/aromatic N) is 3. The van der Waals surface area contributed by atoms with E-state index in [2.05, 4.69) is 20.5 Å². The van der Waals surface area contributed by atoms with Crippen molar-refractivity contribution in [2.75, 3.05) is 32.5 Å². The minimum Gasteiger partial charge on any atom is -0.487 e. The summed E-state index contributed by atoms with van der Waals surface area (Å²) in [4.78, 5) is 26.6. The fourth-order valence-electron chi connectivity index (χ4n) is 3.80. The number of carbonyl (C=O) groups is 1. The van der Waals surface area contributed by atoms with Gasteiger partial charge in [-0.15, -0.1) is 0 Å². The molecule has 0 bridgehead atoms. The quantitative estimate of drug-likeness (QED) is 0.283. The average molecular weight is 493 g/mol. The predicted molar refractivity (Wildman–Crippen MR) is 140 cm³/mol. The van der Waals surface area contributed by atoms with Gasteiger partial charge in [0.05, 0.1) is 11.1 Å². The van der Waals surface area contributed by atoms with Crippen LogP contribution in [0.15, 0.2) is 54.6 Å². The molecule has 3 N–H and O–H groups in total. The lowest BCUT2D eigenvalue weighted by molar-refractivity contribution is -0.118. The summed E-state index contributed by atoms with van der Waals surface area (Å²) in [7, 11) is 4.03. The number of ether oxygens (including phenoxy) is 1. The normalized spacial score (nSPS) is 11.1. The molecule has 0 fully saturated rings. The lowest BCUT2D eigenvalue weighted by Crippen LogP contribution is -2.26. The first-order chi connectivity index (χ1) is 16.9. The summed E-state index contributed by atoms with van der Waals surface area (Å²) < 4.78 is 6.05. The highest BCUT2D eigenvalue weighted by molar-refractivity contribution is 6.30. The molecule has 1 amide bonds. The molecule has 0 radical (unpaired) electrons. The Morgan fingerprint density at radius 1 is 1.09 bits per heavy atom. The highest BCUT2D eigenvalue weighted by Gasteiger charge is 2.20. The number of benzene rings is 2. The second kappa shape index (κ2) is 11.2.